The highest BCUT2D eigenvalue weighted by Gasteiger charge is 2.25. The number of esters is 1. The number of morpholine rings is 1. The van der Waals surface area contributed by atoms with Gasteiger partial charge in [0, 0.05) is 31.3 Å². The Hall–Kier alpha value is -3.43. The number of anilines is 1. The molecule has 0 saturated carbocycles. The number of ether oxygens (including phenoxy) is 2. The van der Waals surface area contributed by atoms with Gasteiger partial charge in [0.2, 0.25) is 0 Å². The van der Waals surface area contributed by atoms with Crippen LogP contribution in [0.2, 0.25) is 0 Å². The number of hydrogen-bond acceptors (Lipinski definition) is 7. The van der Waals surface area contributed by atoms with Crippen LogP contribution >= 0.6 is 11.6 Å². The van der Waals surface area contributed by atoms with E-state index in [9.17, 15) is 4.79 Å². The molecule has 3 aromatic heterocycles. The predicted molar refractivity (Wildman–Crippen MR) is 139 cm³/mol. The molecule has 1 fully saturated rings. The lowest BCUT2D eigenvalue weighted by molar-refractivity contribution is 0.0515. The van der Waals surface area contributed by atoms with Crippen LogP contribution in [0.5, 0.6) is 0 Å². The van der Waals surface area contributed by atoms with Crippen LogP contribution < -0.4 is 4.90 Å². The molecule has 0 bridgehead atoms. The average Bonchev–Trinajstić information content (AvgIpc) is 3.50. The maximum Gasteiger partial charge on any atom is 0.357 e. The maximum absolute atomic E-state index is 13.0. The van der Waals surface area contributed by atoms with Crippen molar-refractivity contribution >= 4 is 34.4 Å². The lowest BCUT2D eigenvalue weighted by Gasteiger charge is -2.29. The molecule has 1 aromatic carbocycles. The molecule has 36 heavy (non-hydrogen) atoms. The minimum Gasteiger partial charge on any atom is -0.461 e. The summed E-state index contributed by atoms with van der Waals surface area (Å²) >= 11 is 6.24. The van der Waals surface area contributed by atoms with Gasteiger partial charge in [0.25, 0.3) is 0 Å². The van der Waals surface area contributed by atoms with E-state index in [1.165, 1.54) is 0 Å². The third-order valence-corrected chi connectivity index (χ3v) is 6.50. The van der Waals surface area contributed by atoms with E-state index in [0.29, 0.717) is 42.6 Å². The second-order valence-electron chi connectivity index (χ2n) is 8.59. The number of rotatable bonds is 7. The first kappa shape index (κ1) is 24.3. The van der Waals surface area contributed by atoms with Gasteiger partial charge in [-0.25, -0.2) is 19.4 Å². The largest absolute Gasteiger partial charge is 0.461 e. The van der Waals surface area contributed by atoms with Gasteiger partial charge in [-0.3, -0.25) is 0 Å². The number of halogens is 1. The Balaban J connectivity index is 1.74. The van der Waals surface area contributed by atoms with E-state index in [0.717, 1.165) is 41.2 Å². The molecule has 5 rings (SSSR count). The number of benzene rings is 1. The summed E-state index contributed by atoms with van der Waals surface area (Å²) in [6.07, 6.45) is 0. The fourth-order valence-electron chi connectivity index (χ4n) is 4.55. The summed E-state index contributed by atoms with van der Waals surface area (Å²) in [6.45, 7) is 9.48. The number of aromatic nitrogens is 5. The van der Waals surface area contributed by atoms with E-state index < -0.39 is 5.97 Å². The quantitative estimate of drug-likeness (QED) is 0.270. The van der Waals surface area contributed by atoms with E-state index in [-0.39, 0.29) is 12.5 Å². The number of alkyl halides is 1. The van der Waals surface area contributed by atoms with E-state index in [2.05, 4.69) is 4.90 Å². The molecule has 1 aliphatic heterocycles. The highest BCUT2D eigenvalue weighted by Crippen LogP contribution is 2.31. The van der Waals surface area contributed by atoms with Crippen LogP contribution in [-0.2, 0) is 21.9 Å². The van der Waals surface area contributed by atoms with Gasteiger partial charge in [-0.15, -0.1) is 11.6 Å². The summed E-state index contributed by atoms with van der Waals surface area (Å²) in [5, 5.41) is 4.83. The fourth-order valence-corrected chi connectivity index (χ4v) is 4.75. The number of pyridine rings is 1. The minimum absolute atomic E-state index is 0.261. The number of carbonyl (C=O) groups excluding carboxylic acids is 1. The molecule has 0 aliphatic carbocycles. The van der Waals surface area contributed by atoms with Crippen molar-refractivity contribution in [3.63, 3.8) is 0 Å². The third-order valence-electron chi connectivity index (χ3n) is 6.26. The molecule has 0 N–H and O–H groups in total. The van der Waals surface area contributed by atoms with Crippen LogP contribution in [0.25, 0.3) is 28.2 Å². The van der Waals surface area contributed by atoms with Gasteiger partial charge < -0.3 is 18.9 Å². The van der Waals surface area contributed by atoms with Crippen molar-refractivity contribution in [1.29, 1.82) is 0 Å². The summed E-state index contributed by atoms with van der Waals surface area (Å²) in [4.78, 5) is 25.0. The maximum atomic E-state index is 13.0. The molecule has 1 aliphatic rings. The Morgan fingerprint density at radius 1 is 1.14 bits per heavy atom. The SMILES string of the molecule is CCOC(=O)c1cc(-c2cccc(C)c2)nn1-c1cc(N2CCOCC2)c2nc(CCl)n(CC)c2n1. The van der Waals surface area contributed by atoms with Crippen molar-refractivity contribution in [2.75, 3.05) is 37.8 Å². The second kappa shape index (κ2) is 10.3. The summed E-state index contributed by atoms with van der Waals surface area (Å²) in [6, 6.07) is 11.7. The molecule has 10 heteroatoms. The lowest BCUT2D eigenvalue weighted by Crippen LogP contribution is -2.36. The summed E-state index contributed by atoms with van der Waals surface area (Å²) in [5.41, 5.74) is 5.40. The zero-order valence-corrected chi connectivity index (χ0v) is 21.5. The molecule has 1 saturated heterocycles. The lowest BCUT2D eigenvalue weighted by atomic mass is 10.1. The first-order valence-electron chi connectivity index (χ1n) is 12.2. The Morgan fingerprint density at radius 3 is 2.64 bits per heavy atom. The van der Waals surface area contributed by atoms with Crippen molar-refractivity contribution in [3.8, 4) is 17.1 Å². The molecule has 0 amide bonds. The summed E-state index contributed by atoms with van der Waals surface area (Å²) in [7, 11) is 0. The number of imidazole rings is 1. The Labute approximate surface area is 214 Å². The zero-order valence-electron chi connectivity index (χ0n) is 20.7. The minimum atomic E-state index is -0.454. The van der Waals surface area contributed by atoms with Gasteiger partial charge in [-0.05, 0) is 32.9 Å². The number of nitrogens with zero attached hydrogens (tertiary/aromatic N) is 6. The van der Waals surface area contributed by atoms with Gasteiger partial charge in [0.1, 0.15) is 11.3 Å². The van der Waals surface area contributed by atoms with Crippen LogP contribution in [0.15, 0.2) is 36.4 Å². The molecule has 0 spiro atoms. The molecule has 0 unspecified atom stereocenters. The molecule has 188 valence electrons. The van der Waals surface area contributed by atoms with Gasteiger partial charge in [0.15, 0.2) is 17.2 Å². The number of hydrogen-bond donors (Lipinski definition) is 0. The smallest absolute Gasteiger partial charge is 0.357 e. The van der Waals surface area contributed by atoms with E-state index in [1.807, 2.05) is 48.7 Å². The van der Waals surface area contributed by atoms with Crippen LogP contribution in [0.1, 0.15) is 35.7 Å². The molecule has 0 atom stereocenters. The average molecular weight is 509 g/mol. The number of fused-ring (bicyclic) bond motifs is 1. The topological polar surface area (TPSA) is 87.3 Å². The van der Waals surface area contributed by atoms with Gasteiger partial charge in [0.05, 0.1) is 37.1 Å². The van der Waals surface area contributed by atoms with E-state index in [1.54, 1.807) is 17.7 Å². The second-order valence-corrected chi connectivity index (χ2v) is 8.86. The van der Waals surface area contributed by atoms with Crippen LogP contribution in [0.4, 0.5) is 5.69 Å². The van der Waals surface area contributed by atoms with Gasteiger partial charge >= 0.3 is 5.97 Å². The van der Waals surface area contributed by atoms with E-state index >= 15 is 0 Å². The first-order chi connectivity index (χ1) is 17.5. The van der Waals surface area contributed by atoms with Crippen molar-refractivity contribution in [2.24, 2.45) is 0 Å². The van der Waals surface area contributed by atoms with Gasteiger partial charge in [-0.1, -0.05) is 23.8 Å². The number of aryl methyl sites for hydroxylation is 2. The normalized spacial score (nSPS) is 13.9. The van der Waals surface area contributed by atoms with Crippen molar-refractivity contribution in [3.05, 3.63) is 53.5 Å². The molecule has 0 radical (unpaired) electrons. The fraction of sp³-hybridized carbons (Fsp3) is 0.385. The zero-order chi connectivity index (χ0) is 25.2. The Kier molecular flexibility index (Phi) is 6.93. The van der Waals surface area contributed by atoms with Crippen molar-refractivity contribution in [2.45, 2.75) is 33.2 Å². The highest BCUT2D eigenvalue weighted by molar-refractivity contribution is 6.17. The molecule has 4 aromatic rings. The Morgan fingerprint density at radius 2 is 1.94 bits per heavy atom. The van der Waals surface area contributed by atoms with Crippen LogP contribution in [-0.4, -0.2) is 63.2 Å². The summed E-state index contributed by atoms with van der Waals surface area (Å²) < 4.78 is 14.5. The molecular weight excluding hydrogens is 480 g/mol. The molecular formula is C26H29ClN6O3. The number of carbonyl (C=O) groups is 1. The summed E-state index contributed by atoms with van der Waals surface area (Å²) in [5.74, 6) is 1.08. The third kappa shape index (κ3) is 4.44. The highest BCUT2D eigenvalue weighted by atomic mass is 35.5. The standard InChI is InChI=1S/C26H29ClN6O3/c1-4-32-23(16-27)28-24-20(31-9-11-35-12-10-31)15-22(29-25(24)32)33-21(26(34)36-5-2)14-19(30-33)18-8-6-7-17(3)13-18/h6-8,13-15H,4-5,9-12,16H2,1-3H3. The molecule has 9 nitrogen and oxygen atoms in total. The first-order valence-corrected chi connectivity index (χ1v) is 12.7. The van der Waals surface area contributed by atoms with E-state index in [4.69, 9.17) is 36.1 Å². The Bertz CT molecular complexity index is 1410. The van der Waals surface area contributed by atoms with Crippen molar-refractivity contribution < 1.29 is 14.3 Å². The monoisotopic (exact) mass is 508 g/mol. The van der Waals surface area contributed by atoms with Crippen molar-refractivity contribution in [1.82, 2.24) is 24.3 Å². The van der Waals surface area contributed by atoms with Gasteiger partial charge in [-0.2, -0.15) is 5.10 Å². The predicted octanol–water partition coefficient (Wildman–Crippen LogP) is 4.36. The molecule has 4 heterocycles. The van der Waals surface area contributed by atoms with Crippen LogP contribution in [0.3, 0.4) is 0 Å². The van der Waals surface area contributed by atoms with Crippen LogP contribution in [0, 0.1) is 6.92 Å².